The monoisotopic (exact) mass is 310 g/mol. The summed E-state index contributed by atoms with van der Waals surface area (Å²) in [5, 5.41) is 20.9. The van der Waals surface area contributed by atoms with Crippen molar-refractivity contribution in [1.29, 1.82) is 0 Å². The van der Waals surface area contributed by atoms with Crippen LogP contribution < -0.4 is 5.32 Å². The molecule has 7 heteroatoms. The van der Waals surface area contributed by atoms with Crippen LogP contribution in [0.5, 0.6) is 0 Å². The van der Waals surface area contributed by atoms with E-state index >= 15 is 0 Å². The van der Waals surface area contributed by atoms with Gasteiger partial charge in [-0.15, -0.1) is 0 Å². The lowest BCUT2D eigenvalue weighted by molar-refractivity contribution is -0.0566. The van der Waals surface area contributed by atoms with Gasteiger partial charge in [0.1, 0.15) is 12.4 Å². The Kier molecular flexibility index (Phi) is 4.77. The van der Waals surface area contributed by atoms with Gasteiger partial charge in [-0.1, -0.05) is 0 Å². The summed E-state index contributed by atoms with van der Waals surface area (Å²) in [6.07, 6.45) is 1.58. The molecule has 0 spiro atoms. The second-order valence-corrected chi connectivity index (χ2v) is 5.91. The largest absolute Gasteiger partial charge is 0.453 e. The highest BCUT2D eigenvalue weighted by molar-refractivity contribution is 5.91. The Bertz CT molecular complexity index is 518. The summed E-state index contributed by atoms with van der Waals surface area (Å²) < 4.78 is 11.0. The SMILES string of the molecule is O=C(N[C@@H]1C[C@H]2CO[C@@H](CCO)CN2C1)c1ccc(CO)o1. The number of nitrogens with one attached hydrogen (secondary N) is 1. The highest BCUT2D eigenvalue weighted by atomic mass is 16.5. The number of rotatable bonds is 5. The minimum Gasteiger partial charge on any atom is -0.453 e. The van der Waals surface area contributed by atoms with E-state index in [4.69, 9.17) is 19.4 Å². The Morgan fingerprint density at radius 1 is 1.36 bits per heavy atom. The van der Waals surface area contributed by atoms with Crippen LogP contribution in [0.25, 0.3) is 0 Å². The Morgan fingerprint density at radius 3 is 2.95 bits per heavy atom. The zero-order valence-electron chi connectivity index (χ0n) is 12.4. The molecule has 0 aromatic carbocycles. The standard InChI is InChI=1S/C15H22N2O5/c18-4-3-12-7-17-6-10(5-11(17)9-21-12)16-15(20)14-2-1-13(8-19)22-14/h1-2,10-12,18-19H,3-9H2,(H,16,20)/t10-,11+,12+/m1/s1. The molecular weight excluding hydrogens is 288 g/mol. The molecule has 2 aliphatic rings. The highest BCUT2D eigenvalue weighted by Gasteiger charge is 2.37. The molecule has 0 unspecified atom stereocenters. The van der Waals surface area contributed by atoms with E-state index in [-0.39, 0.29) is 37.0 Å². The number of nitrogens with zero attached hydrogens (tertiary/aromatic N) is 1. The molecule has 3 atom stereocenters. The lowest BCUT2D eigenvalue weighted by atomic mass is 10.1. The Balaban J connectivity index is 1.53. The van der Waals surface area contributed by atoms with Crippen molar-refractivity contribution in [3.8, 4) is 0 Å². The van der Waals surface area contributed by atoms with Gasteiger partial charge in [0.2, 0.25) is 0 Å². The topological polar surface area (TPSA) is 95.2 Å². The molecule has 2 saturated heterocycles. The first-order chi connectivity index (χ1) is 10.7. The maximum absolute atomic E-state index is 12.1. The first-order valence-electron chi connectivity index (χ1n) is 7.66. The quantitative estimate of drug-likeness (QED) is 0.693. The van der Waals surface area contributed by atoms with E-state index in [1.165, 1.54) is 0 Å². The first-order valence-corrected chi connectivity index (χ1v) is 7.66. The van der Waals surface area contributed by atoms with Gasteiger partial charge in [0, 0.05) is 31.8 Å². The van der Waals surface area contributed by atoms with E-state index in [0.717, 1.165) is 19.5 Å². The van der Waals surface area contributed by atoms with Gasteiger partial charge in [0.25, 0.3) is 5.91 Å². The fraction of sp³-hybridized carbons (Fsp3) is 0.667. The first kappa shape index (κ1) is 15.5. The summed E-state index contributed by atoms with van der Waals surface area (Å²) in [6.45, 7) is 2.15. The molecule has 3 N–H and O–H groups in total. The molecule has 1 aromatic heterocycles. The average molecular weight is 310 g/mol. The van der Waals surface area contributed by atoms with Crippen LogP contribution in [0.15, 0.2) is 16.5 Å². The van der Waals surface area contributed by atoms with E-state index < -0.39 is 0 Å². The van der Waals surface area contributed by atoms with Crippen molar-refractivity contribution in [2.24, 2.45) is 0 Å². The molecule has 3 rings (SSSR count). The highest BCUT2D eigenvalue weighted by Crippen LogP contribution is 2.24. The van der Waals surface area contributed by atoms with E-state index in [2.05, 4.69) is 10.2 Å². The van der Waals surface area contributed by atoms with E-state index in [0.29, 0.717) is 24.8 Å². The van der Waals surface area contributed by atoms with Gasteiger partial charge in [0.15, 0.2) is 5.76 Å². The summed E-state index contributed by atoms with van der Waals surface area (Å²) in [5.74, 6) is 0.356. The van der Waals surface area contributed by atoms with Crippen LogP contribution in [-0.4, -0.2) is 65.5 Å². The lowest BCUT2D eigenvalue weighted by Crippen LogP contribution is -2.46. The molecule has 3 heterocycles. The van der Waals surface area contributed by atoms with Crippen LogP contribution in [0.4, 0.5) is 0 Å². The number of carbonyl (C=O) groups excluding carboxylic acids is 1. The van der Waals surface area contributed by atoms with Crippen molar-refractivity contribution in [3.05, 3.63) is 23.7 Å². The van der Waals surface area contributed by atoms with E-state index in [1.54, 1.807) is 12.1 Å². The van der Waals surface area contributed by atoms with Gasteiger partial charge in [-0.25, -0.2) is 0 Å². The van der Waals surface area contributed by atoms with Crippen molar-refractivity contribution in [2.45, 2.75) is 37.6 Å². The predicted octanol–water partition coefficient (Wildman–Crippen LogP) is -0.274. The van der Waals surface area contributed by atoms with Crippen LogP contribution in [0.3, 0.4) is 0 Å². The molecule has 0 saturated carbocycles. The maximum atomic E-state index is 12.1. The number of hydrogen-bond acceptors (Lipinski definition) is 6. The molecule has 0 radical (unpaired) electrons. The Morgan fingerprint density at radius 2 is 2.23 bits per heavy atom. The van der Waals surface area contributed by atoms with E-state index in [1.807, 2.05) is 0 Å². The van der Waals surface area contributed by atoms with Crippen molar-refractivity contribution in [1.82, 2.24) is 10.2 Å². The molecular formula is C15H22N2O5. The third-order valence-electron chi connectivity index (χ3n) is 4.32. The number of carbonyl (C=O) groups is 1. The number of aliphatic hydroxyl groups excluding tert-OH is 2. The van der Waals surface area contributed by atoms with Crippen LogP contribution in [0.1, 0.15) is 29.2 Å². The predicted molar refractivity (Wildman–Crippen MR) is 77.3 cm³/mol. The third-order valence-corrected chi connectivity index (χ3v) is 4.32. The number of aliphatic hydroxyl groups is 2. The zero-order chi connectivity index (χ0) is 15.5. The maximum Gasteiger partial charge on any atom is 0.287 e. The smallest absolute Gasteiger partial charge is 0.287 e. The molecule has 1 aromatic rings. The van der Waals surface area contributed by atoms with Crippen molar-refractivity contribution in [3.63, 3.8) is 0 Å². The van der Waals surface area contributed by atoms with Gasteiger partial charge in [-0.2, -0.15) is 0 Å². The summed E-state index contributed by atoms with van der Waals surface area (Å²) in [7, 11) is 0. The molecule has 0 aliphatic carbocycles. The van der Waals surface area contributed by atoms with Gasteiger partial charge in [-0.05, 0) is 25.0 Å². The second-order valence-electron chi connectivity index (χ2n) is 5.91. The van der Waals surface area contributed by atoms with E-state index in [9.17, 15) is 4.79 Å². The lowest BCUT2D eigenvalue weighted by Gasteiger charge is -2.34. The summed E-state index contributed by atoms with van der Waals surface area (Å²) in [5.41, 5.74) is 0. The van der Waals surface area contributed by atoms with Crippen LogP contribution >= 0.6 is 0 Å². The number of furan rings is 1. The minimum atomic E-state index is -0.252. The number of hydrogen-bond donors (Lipinski definition) is 3. The zero-order valence-corrected chi connectivity index (χ0v) is 12.4. The fourth-order valence-electron chi connectivity index (χ4n) is 3.21. The Labute approximate surface area is 128 Å². The third kappa shape index (κ3) is 3.33. The summed E-state index contributed by atoms with van der Waals surface area (Å²) in [4.78, 5) is 14.4. The second kappa shape index (κ2) is 6.78. The Hall–Kier alpha value is -1.41. The van der Waals surface area contributed by atoms with Gasteiger partial charge < -0.3 is 24.7 Å². The summed E-state index contributed by atoms with van der Waals surface area (Å²) >= 11 is 0. The van der Waals surface area contributed by atoms with Gasteiger partial charge in [-0.3, -0.25) is 9.69 Å². The van der Waals surface area contributed by atoms with Crippen molar-refractivity contribution < 1.29 is 24.2 Å². The molecule has 22 heavy (non-hydrogen) atoms. The van der Waals surface area contributed by atoms with Crippen LogP contribution in [-0.2, 0) is 11.3 Å². The number of fused-ring (bicyclic) bond motifs is 1. The number of ether oxygens (including phenoxy) is 1. The molecule has 2 fully saturated rings. The van der Waals surface area contributed by atoms with Gasteiger partial charge in [0.05, 0.1) is 12.7 Å². The number of morpholine rings is 1. The minimum absolute atomic E-state index is 0.0663. The van der Waals surface area contributed by atoms with Crippen molar-refractivity contribution in [2.75, 3.05) is 26.3 Å². The molecule has 1 amide bonds. The summed E-state index contributed by atoms with van der Waals surface area (Å²) in [6, 6.07) is 3.56. The number of amides is 1. The normalized spacial score (nSPS) is 28.5. The average Bonchev–Trinajstić information content (AvgIpc) is 3.12. The van der Waals surface area contributed by atoms with Crippen LogP contribution in [0, 0.1) is 0 Å². The molecule has 2 aliphatic heterocycles. The molecule has 122 valence electrons. The van der Waals surface area contributed by atoms with Crippen molar-refractivity contribution >= 4 is 5.91 Å². The molecule has 0 bridgehead atoms. The molecule has 7 nitrogen and oxygen atoms in total. The van der Waals surface area contributed by atoms with Crippen LogP contribution in [0.2, 0.25) is 0 Å². The van der Waals surface area contributed by atoms with Gasteiger partial charge >= 0.3 is 0 Å². The fourth-order valence-corrected chi connectivity index (χ4v) is 3.21.